The molecule has 0 radical (unpaired) electrons. The van der Waals surface area contributed by atoms with E-state index in [9.17, 15) is 4.79 Å². The van der Waals surface area contributed by atoms with E-state index in [-0.39, 0.29) is 6.09 Å². The number of rotatable bonds is 3. The molecule has 0 saturated carbocycles. The third-order valence-electron chi connectivity index (χ3n) is 3.07. The van der Waals surface area contributed by atoms with Gasteiger partial charge in [0.1, 0.15) is 0 Å². The van der Waals surface area contributed by atoms with Gasteiger partial charge in [-0.2, -0.15) is 0 Å². The van der Waals surface area contributed by atoms with Gasteiger partial charge in [0.15, 0.2) is 0 Å². The lowest BCUT2D eigenvalue weighted by Gasteiger charge is -2.19. The van der Waals surface area contributed by atoms with Crippen LogP contribution in [-0.2, 0) is 4.74 Å². The molecule has 0 N–H and O–H groups in total. The van der Waals surface area contributed by atoms with E-state index in [4.69, 9.17) is 4.74 Å². The van der Waals surface area contributed by atoms with Gasteiger partial charge in [-0.15, -0.1) is 0 Å². The van der Waals surface area contributed by atoms with Crippen LogP contribution in [-0.4, -0.2) is 30.7 Å². The Bertz CT molecular complexity index is 194. The number of hydrogen-bond donors (Lipinski definition) is 0. The molecule has 1 rings (SSSR count). The predicted octanol–water partition coefficient (Wildman–Crippen LogP) is 3.05. The predicted molar refractivity (Wildman–Crippen MR) is 60.8 cm³/mol. The summed E-state index contributed by atoms with van der Waals surface area (Å²) >= 11 is 0. The largest absolute Gasteiger partial charge is 0.450 e. The fraction of sp³-hybridized carbons (Fsp3) is 0.917. The highest BCUT2D eigenvalue weighted by molar-refractivity contribution is 5.67. The highest BCUT2D eigenvalue weighted by atomic mass is 16.6. The van der Waals surface area contributed by atoms with Crippen molar-refractivity contribution >= 4 is 6.09 Å². The highest BCUT2D eigenvalue weighted by Crippen LogP contribution is 2.22. The first kappa shape index (κ1) is 12.3. The molecule has 88 valence electrons. The fourth-order valence-electron chi connectivity index (χ4n) is 2.26. The van der Waals surface area contributed by atoms with Crippen LogP contribution in [0.3, 0.4) is 0 Å². The van der Waals surface area contributed by atoms with Gasteiger partial charge in [0.2, 0.25) is 0 Å². The van der Waals surface area contributed by atoms with Crippen molar-refractivity contribution in [2.45, 2.75) is 46.0 Å². The number of likely N-dealkylation sites (tertiary alicyclic amines) is 1. The molecule has 1 aliphatic rings. The molecule has 0 aromatic carbocycles. The van der Waals surface area contributed by atoms with E-state index in [1.165, 1.54) is 19.3 Å². The molecule has 1 saturated heterocycles. The normalized spacial score (nSPS) is 22.3. The fourth-order valence-corrected chi connectivity index (χ4v) is 2.26. The quantitative estimate of drug-likeness (QED) is 0.721. The summed E-state index contributed by atoms with van der Waals surface area (Å²) in [6, 6.07) is 0. The van der Waals surface area contributed by atoms with Gasteiger partial charge in [0, 0.05) is 13.1 Å². The maximum absolute atomic E-state index is 11.5. The van der Waals surface area contributed by atoms with Gasteiger partial charge < -0.3 is 9.64 Å². The lowest BCUT2D eigenvalue weighted by Crippen LogP contribution is -2.32. The Morgan fingerprint density at radius 3 is 2.80 bits per heavy atom. The Kier molecular flexibility index (Phi) is 5.51. The third kappa shape index (κ3) is 4.10. The lowest BCUT2D eigenvalue weighted by molar-refractivity contribution is 0.108. The van der Waals surface area contributed by atoms with Gasteiger partial charge in [0.05, 0.1) is 6.61 Å². The van der Waals surface area contributed by atoms with Gasteiger partial charge in [-0.05, 0) is 32.1 Å². The van der Waals surface area contributed by atoms with E-state index in [1.54, 1.807) is 0 Å². The highest BCUT2D eigenvalue weighted by Gasteiger charge is 2.20. The molecule has 15 heavy (non-hydrogen) atoms. The van der Waals surface area contributed by atoms with Crippen molar-refractivity contribution in [1.29, 1.82) is 0 Å². The summed E-state index contributed by atoms with van der Waals surface area (Å²) in [5.41, 5.74) is 0. The molecule has 0 aromatic rings. The number of carbonyl (C=O) groups excluding carboxylic acids is 1. The van der Waals surface area contributed by atoms with Gasteiger partial charge in [-0.1, -0.05) is 19.8 Å². The SMILES string of the molecule is CCCC1CCCN(C(=O)OCC)CC1. The Morgan fingerprint density at radius 2 is 2.13 bits per heavy atom. The Morgan fingerprint density at radius 1 is 1.33 bits per heavy atom. The zero-order chi connectivity index (χ0) is 11.1. The number of hydrogen-bond acceptors (Lipinski definition) is 2. The topological polar surface area (TPSA) is 29.5 Å². The summed E-state index contributed by atoms with van der Waals surface area (Å²) < 4.78 is 5.02. The van der Waals surface area contributed by atoms with Crippen molar-refractivity contribution in [3.63, 3.8) is 0 Å². The van der Waals surface area contributed by atoms with Crippen LogP contribution in [0.15, 0.2) is 0 Å². The van der Waals surface area contributed by atoms with Crippen molar-refractivity contribution in [2.75, 3.05) is 19.7 Å². The van der Waals surface area contributed by atoms with E-state index in [0.717, 1.165) is 31.8 Å². The number of ether oxygens (including phenoxy) is 1. The minimum Gasteiger partial charge on any atom is -0.450 e. The first-order valence-corrected chi connectivity index (χ1v) is 6.19. The van der Waals surface area contributed by atoms with E-state index in [2.05, 4.69) is 6.92 Å². The second-order valence-corrected chi connectivity index (χ2v) is 4.27. The summed E-state index contributed by atoms with van der Waals surface area (Å²) in [5, 5.41) is 0. The monoisotopic (exact) mass is 213 g/mol. The van der Waals surface area contributed by atoms with E-state index in [0.29, 0.717) is 6.61 Å². The van der Waals surface area contributed by atoms with E-state index < -0.39 is 0 Å². The smallest absolute Gasteiger partial charge is 0.409 e. The first-order chi connectivity index (χ1) is 7.27. The van der Waals surface area contributed by atoms with E-state index in [1.807, 2.05) is 11.8 Å². The Labute approximate surface area is 92.8 Å². The van der Waals surface area contributed by atoms with Gasteiger partial charge in [-0.25, -0.2) is 4.79 Å². The van der Waals surface area contributed by atoms with Crippen molar-refractivity contribution in [3.8, 4) is 0 Å². The van der Waals surface area contributed by atoms with Crippen molar-refractivity contribution in [3.05, 3.63) is 0 Å². The average Bonchev–Trinajstić information content (AvgIpc) is 2.44. The van der Waals surface area contributed by atoms with Crippen LogP contribution in [0.1, 0.15) is 46.0 Å². The van der Waals surface area contributed by atoms with Crippen LogP contribution in [0.25, 0.3) is 0 Å². The molecule has 1 atom stereocenters. The van der Waals surface area contributed by atoms with Gasteiger partial charge in [-0.3, -0.25) is 0 Å². The Hall–Kier alpha value is -0.730. The molecular weight excluding hydrogens is 190 g/mol. The maximum Gasteiger partial charge on any atom is 0.409 e. The molecule has 1 fully saturated rings. The summed E-state index contributed by atoms with van der Waals surface area (Å²) in [5.74, 6) is 0.814. The second-order valence-electron chi connectivity index (χ2n) is 4.27. The molecule has 1 unspecified atom stereocenters. The second kappa shape index (κ2) is 6.70. The maximum atomic E-state index is 11.5. The van der Waals surface area contributed by atoms with Crippen LogP contribution in [0.2, 0.25) is 0 Å². The first-order valence-electron chi connectivity index (χ1n) is 6.19. The summed E-state index contributed by atoms with van der Waals surface area (Å²) in [4.78, 5) is 13.4. The van der Waals surface area contributed by atoms with Crippen molar-refractivity contribution < 1.29 is 9.53 Å². The van der Waals surface area contributed by atoms with Crippen LogP contribution < -0.4 is 0 Å². The molecule has 3 nitrogen and oxygen atoms in total. The number of nitrogens with zero attached hydrogens (tertiary/aromatic N) is 1. The summed E-state index contributed by atoms with van der Waals surface area (Å²) in [6.07, 6.45) is 5.97. The summed E-state index contributed by atoms with van der Waals surface area (Å²) in [7, 11) is 0. The van der Waals surface area contributed by atoms with Crippen LogP contribution >= 0.6 is 0 Å². The molecule has 1 heterocycles. The molecule has 1 aliphatic heterocycles. The Balaban J connectivity index is 2.35. The standard InChI is InChI=1S/C12H23NO2/c1-3-6-11-7-5-9-13(10-8-11)12(14)15-4-2/h11H,3-10H2,1-2H3. The minimum absolute atomic E-state index is 0.130. The zero-order valence-corrected chi connectivity index (χ0v) is 10.00. The minimum atomic E-state index is -0.130. The molecule has 0 aliphatic carbocycles. The molecule has 0 bridgehead atoms. The number of amides is 1. The summed E-state index contributed by atoms with van der Waals surface area (Å²) in [6.45, 7) is 6.32. The molecule has 3 heteroatoms. The van der Waals surface area contributed by atoms with Crippen LogP contribution in [0, 0.1) is 5.92 Å². The molecule has 1 amide bonds. The molecule has 0 spiro atoms. The number of carbonyl (C=O) groups is 1. The van der Waals surface area contributed by atoms with E-state index >= 15 is 0 Å². The van der Waals surface area contributed by atoms with Crippen LogP contribution in [0.4, 0.5) is 4.79 Å². The third-order valence-corrected chi connectivity index (χ3v) is 3.07. The van der Waals surface area contributed by atoms with Crippen molar-refractivity contribution in [1.82, 2.24) is 4.90 Å². The van der Waals surface area contributed by atoms with Gasteiger partial charge in [0.25, 0.3) is 0 Å². The van der Waals surface area contributed by atoms with Gasteiger partial charge >= 0.3 is 6.09 Å². The van der Waals surface area contributed by atoms with Crippen LogP contribution in [0.5, 0.6) is 0 Å². The molecular formula is C12H23NO2. The van der Waals surface area contributed by atoms with Crippen molar-refractivity contribution in [2.24, 2.45) is 5.92 Å². The lowest BCUT2D eigenvalue weighted by atomic mass is 9.96. The average molecular weight is 213 g/mol. The molecule has 0 aromatic heterocycles. The zero-order valence-electron chi connectivity index (χ0n) is 10.00.